The second-order valence-electron chi connectivity index (χ2n) is 11.1. The van der Waals surface area contributed by atoms with Gasteiger partial charge in [0.2, 0.25) is 11.8 Å². The fourth-order valence-electron chi connectivity index (χ4n) is 5.27. The number of carbonyl (C=O) groups is 2. The van der Waals surface area contributed by atoms with E-state index in [-0.39, 0.29) is 23.4 Å². The van der Waals surface area contributed by atoms with Crippen molar-refractivity contribution in [3.8, 4) is 0 Å². The molecular formula is C33H41N3O4S. The lowest BCUT2D eigenvalue weighted by molar-refractivity contribution is -0.139. The van der Waals surface area contributed by atoms with E-state index in [1.165, 1.54) is 11.3 Å². The molecule has 1 saturated carbocycles. The molecule has 218 valence electrons. The monoisotopic (exact) mass is 575 g/mol. The molecule has 0 radical (unpaired) electrons. The minimum absolute atomic E-state index is 0.0971. The summed E-state index contributed by atoms with van der Waals surface area (Å²) in [4.78, 5) is 29.2. The fraction of sp³-hybridized carbons (Fsp3) is 0.394. The zero-order chi connectivity index (χ0) is 29.6. The molecule has 1 fully saturated rings. The van der Waals surface area contributed by atoms with E-state index >= 15 is 0 Å². The molecular weight excluding hydrogens is 534 g/mol. The molecule has 7 nitrogen and oxygen atoms in total. The fourth-order valence-corrected chi connectivity index (χ4v) is 6.68. The van der Waals surface area contributed by atoms with Gasteiger partial charge in [-0.15, -0.1) is 0 Å². The summed E-state index contributed by atoms with van der Waals surface area (Å²) < 4.78 is 29.1. The summed E-state index contributed by atoms with van der Waals surface area (Å²) in [5.41, 5.74) is 4.10. The molecule has 41 heavy (non-hydrogen) atoms. The summed E-state index contributed by atoms with van der Waals surface area (Å²) in [6.07, 6.45) is 5.19. The molecule has 0 saturated heterocycles. The summed E-state index contributed by atoms with van der Waals surface area (Å²) in [6, 6.07) is 20.7. The standard InChI is InChI=1S/C33H41N3O4S/c1-24-17-19-31(20-18-24)41(39,40)36(30-16-10-11-25(2)21-30)23-32(37)35(22-28-13-9-8-12-26(28)3)27(4)33(38)34-29-14-6-5-7-15-29/h8-13,16-21,27,29H,5-7,14-15,22-23H2,1-4H3,(H,34,38). The highest BCUT2D eigenvalue weighted by atomic mass is 32.2. The van der Waals surface area contributed by atoms with Crippen molar-refractivity contribution in [1.29, 1.82) is 0 Å². The molecule has 0 aromatic heterocycles. The Kier molecular flexibility index (Phi) is 9.86. The average Bonchev–Trinajstić information content (AvgIpc) is 2.95. The number of nitrogens with zero attached hydrogens (tertiary/aromatic N) is 2. The van der Waals surface area contributed by atoms with Crippen LogP contribution in [0.4, 0.5) is 5.69 Å². The number of nitrogens with one attached hydrogen (secondary N) is 1. The highest BCUT2D eigenvalue weighted by molar-refractivity contribution is 7.92. The van der Waals surface area contributed by atoms with Gasteiger partial charge in [0.05, 0.1) is 10.6 Å². The summed E-state index contributed by atoms with van der Waals surface area (Å²) in [6.45, 7) is 7.21. The van der Waals surface area contributed by atoms with Gasteiger partial charge in [-0.3, -0.25) is 13.9 Å². The van der Waals surface area contributed by atoms with Gasteiger partial charge in [-0.2, -0.15) is 0 Å². The van der Waals surface area contributed by atoms with Gasteiger partial charge in [0.25, 0.3) is 10.0 Å². The van der Waals surface area contributed by atoms with Crippen LogP contribution in [0.5, 0.6) is 0 Å². The SMILES string of the molecule is Cc1ccc(S(=O)(=O)N(CC(=O)N(Cc2ccccc2C)C(C)C(=O)NC2CCCCC2)c2cccc(C)c2)cc1. The molecule has 3 aromatic rings. The molecule has 0 bridgehead atoms. The Labute approximate surface area is 244 Å². The normalized spacial score (nSPS) is 14.7. The topological polar surface area (TPSA) is 86.8 Å². The quantitative estimate of drug-likeness (QED) is 0.337. The van der Waals surface area contributed by atoms with Gasteiger partial charge in [0.15, 0.2) is 0 Å². The van der Waals surface area contributed by atoms with Gasteiger partial charge in [-0.05, 0) is 81.5 Å². The number of anilines is 1. The van der Waals surface area contributed by atoms with Crippen LogP contribution in [0, 0.1) is 20.8 Å². The third-order valence-electron chi connectivity index (χ3n) is 7.90. The van der Waals surface area contributed by atoms with Crippen molar-refractivity contribution in [2.45, 2.75) is 83.3 Å². The number of hydrogen-bond donors (Lipinski definition) is 1. The molecule has 1 atom stereocenters. The van der Waals surface area contributed by atoms with E-state index in [2.05, 4.69) is 5.32 Å². The van der Waals surface area contributed by atoms with Crippen LogP contribution in [0.25, 0.3) is 0 Å². The third kappa shape index (κ3) is 7.55. The number of sulfonamides is 1. The van der Waals surface area contributed by atoms with Crippen molar-refractivity contribution in [2.24, 2.45) is 0 Å². The number of amides is 2. The number of hydrogen-bond acceptors (Lipinski definition) is 4. The number of aryl methyl sites for hydroxylation is 3. The smallest absolute Gasteiger partial charge is 0.264 e. The van der Waals surface area contributed by atoms with Crippen LogP contribution >= 0.6 is 0 Å². The first-order valence-corrected chi connectivity index (χ1v) is 15.8. The van der Waals surface area contributed by atoms with Gasteiger partial charge in [0, 0.05) is 12.6 Å². The lowest BCUT2D eigenvalue weighted by atomic mass is 9.95. The first-order chi connectivity index (χ1) is 19.6. The third-order valence-corrected chi connectivity index (χ3v) is 9.69. The number of carbonyl (C=O) groups excluding carboxylic acids is 2. The molecule has 3 aromatic carbocycles. The van der Waals surface area contributed by atoms with Gasteiger partial charge in [-0.25, -0.2) is 8.42 Å². The Morgan fingerprint density at radius 1 is 0.878 bits per heavy atom. The number of benzene rings is 3. The molecule has 1 aliphatic rings. The molecule has 2 amide bonds. The Bertz CT molecular complexity index is 1460. The largest absolute Gasteiger partial charge is 0.352 e. The highest BCUT2D eigenvalue weighted by Gasteiger charge is 2.33. The van der Waals surface area contributed by atoms with Crippen LogP contribution < -0.4 is 9.62 Å². The molecule has 0 spiro atoms. The summed E-state index contributed by atoms with van der Waals surface area (Å²) in [5.74, 6) is -0.668. The average molecular weight is 576 g/mol. The Hall–Kier alpha value is -3.65. The zero-order valence-electron chi connectivity index (χ0n) is 24.5. The van der Waals surface area contributed by atoms with Crippen LogP contribution in [0.2, 0.25) is 0 Å². The highest BCUT2D eigenvalue weighted by Crippen LogP contribution is 2.26. The Morgan fingerprint density at radius 2 is 1.56 bits per heavy atom. The second-order valence-corrected chi connectivity index (χ2v) is 13.0. The van der Waals surface area contributed by atoms with E-state index in [4.69, 9.17) is 0 Å². The maximum atomic E-state index is 14.1. The summed E-state index contributed by atoms with van der Waals surface area (Å²) in [7, 11) is -4.08. The van der Waals surface area contributed by atoms with Crippen LogP contribution in [-0.4, -0.2) is 43.8 Å². The molecule has 0 aliphatic heterocycles. The van der Waals surface area contributed by atoms with Crippen molar-refractivity contribution < 1.29 is 18.0 Å². The molecule has 1 N–H and O–H groups in total. The second kappa shape index (κ2) is 13.3. The minimum Gasteiger partial charge on any atom is -0.352 e. The Morgan fingerprint density at radius 3 is 2.22 bits per heavy atom. The number of rotatable bonds is 10. The van der Waals surface area contributed by atoms with Gasteiger partial charge in [-0.1, -0.05) is 73.4 Å². The molecule has 4 rings (SSSR count). The van der Waals surface area contributed by atoms with Crippen molar-refractivity contribution in [1.82, 2.24) is 10.2 Å². The van der Waals surface area contributed by atoms with Crippen molar-refractivity contribution >= 4 is 27.5 Å². The van der Waals surface area contributed by atoms with Crippen molar-refractivity contribution in [2.75, 3.05) is 10.8 Å². The van der Waals surface area contributed by atoms with E-state index in [9.17, 15) is 18.0 Å². The van der Waals surface area contributed by atoms with Gasteiger partial charge in [0.1, 0.15) is 12.6 Å². The zero-order valence-corrected chi connectivity index (χ0v) is 25.3. The lowest BCUT2D eigenvalue weighted by Crippen LogP contribution is -2.53. The molecule has 1 aliphatic carbocycles. The predicted octanol–water partition coefficient (Wildman–Crippen LogP) is 5.67. The van der Waals surface area contributed by atoms with Crippen LogP contribution in [0.15, 0.2) is 77.7 Å². The maximum absolute atomic E-state index is 14.1. The Balaban J connectivity index is 1.68. The maximum Gasteiger partial charge on any atom is 0.264 e. The summed E-state index contributed by atoms with van der Waals surface area (Å²) in [5, 5.41) is 3.14. The van der Waals surface area contributed by atoms with Crippen molar-refractivity contribution in [3.05, 3.63) is 95.1 Å². The van der Waals surface area contributed by atoms with E-state index in [1.807, 2.05) is 51.1 Å². The first-order valence-electron chi connectivity index (χ1n) is 14.4. The van der Waals surface area contributed by atoms with Crippen molar-refractivity contribution in [3.63, 3.8) is 0 Å². The van der Waals surface area contributed by atoms with Gasteiger partial charge < -0.3 is 10.2 Å². The molecule has 0 heterocycles. The van der Waals surface area contributed by atoms with E-state index in [1.54, 1.807) is 49.4 Å². The predicted molar refractivity (Wildman–Crippen MR) is 163 cm³/mol. The van der Waals surface area contributed by atoms with E-state index in [0.717, 1.165) is 52.2 Å². The minimum atomic E-state index is -4.08. The molecule has 1 unspecified atom stereocenters. The molecule has 8 heteroatoms. The van der Waals surface area contributed by atoms with Crippen LogP contribution in [0.3, 0.4) is 0 Å². The summed E-state index contributed by atoms with van der Waals surface area (Å²) >= 11 is 0. The van der Waals surface area contributed by atoms with E-state index in [0.29, 0.717) is 5.69 Å². The lowest BCUT2D eigenvalue weighted by Gasteiger charge is -2.33. The van der Waals surface area contributed by atoms with Crippen LogP contribution in [-0.2, 0) is 26.2 Å². The van der Waals surface area contributed by atoms with E-state index < -0.39 is 28.5 Å². The first kappa shape index (κ1) is 30.3. The van der Waals surface area contributed by atoms with Crippen LogP contribution in [0.1, 0.15) is 61.3 Å². The van der Waals surface area contributed by atoms with Gasteiger partial charge >= 0.3 is 0 Å².